The average molecular weight is 303 g/mol. The molecule has 7 nitrogen and oxygen atoms in total. The zero-order valence-electron chi connectivity index (χ0n) is 11.9. The zero-order chi connectivity index (χ0) is 15.0. The highest BCUT2D eigenvalue weighted by Crippen LogP contribution is 2.12. The predicted octanol–water partition coefficient (Wildman–Crippen LogP) is 2.07. The van der Waals surface area contributed by atoms with Gasteiger partial charge in [-0.2, -0.15) is 15.0 Å². The predicted molar refractivity (Wildman–Crippen MR) is 75.0 cm³/mol. The number of nitrogens with one attached hydrogen (secondary N) is 1. The van der Waals surface area contributed by atoms with Gasteiger partial charge < -0.3 is 14.8 Å². The summed E-state index contributed by atoms with van der Waals surface area (Å²) in [5, 5.41) is 3.02. The van der Waals surface area contributed by atoms with Crippen molar-refractivity contribution >= 4 is 23.5 Å². The van der Waals surface area contributed by atoms with Gasteiger partial charge in [0.2, 0.25) is 11.2 Å². The molecule has 0 aliphatic carbocycles. The SMILES string of the molecule is CCOC(=O)CCCNc1nc(Cl)nc(OC(C)C)n1. The molecule has 0 amide bonds. The van der Waals surface area contributed by atoms with Crippen LogP contribution in [0.3, 0.4) is 0 Å². The molecule has 0 saturated carbocycles. The minimum absolute atomic E-state index is 0.0508. The molecule has 0 saturated heterocycles. The summed E-state index contributed by atoms with van der Waals surface area (Å²) in [7, 11) is 0. The summed E-state index contributed by atoms with van der Waals surface area (Å²) in [5.41, 5.74) is 0. The number of hydrogen-bond acceptors (Lipinski definition) is 7. The van der Waals surface area contributed by atoms with Crippen LogP contribution in [0.25, 0.3) is 0 Å². The van der Waals surface area contributed by atoms with E-state index < -0.39 is 0 Å². The van der Waals surface area contributed by atoms with E-state index in [0.717, 1.165) is 0 Å². The molecule has 1 aromatic heterocycles. The Labute approximate surface area is 123 Å². The van der Waals surface area contributed by atoms with Crippen molar-refractivity contribution < 1.29 is 14.3 Å². The van der Waals surface area contributed by atoms with Crippen LogP contribution >= 0.6 is 11.6 Å². The monoisotopic (exact) mass is 302 g/mol. The quantitative estimate of drug-likeness (QED) is 0.581. The summed E-state index contributed by atoms with van der Waals surface area (Å²) < 4.78 is 10.2. The number of hydrogen-bond donors (Lipinski definition) is 1. The van der Waals surface area contributed by atoms with Crippen LogP contribution in [0.15, 0.2) is 0 Å². The Kier molecular flexibility index (Phi) is 7.00. The van der Waals surface area contributed by atoms with Crippen LogP contribution < -0.4 is 10.1 Å². The summed E-state index contributed by atoms with van der Waals surface area (Å²) in [6.07, 6.45) is 0.905. The molecule has 0 unspecified atom stereocenters. The fourth-order valence-corrected chi connectivity index (χ4v) is 1.49. The molecular weight excluding hydrogens is 284 g/mol. The van der Waals surface area contributed by atoms with Crippen LogP contribution in [0.2, 0.25) is 5.28 Å². The smallest absolute Gasteiger partial charge is 0.322 e. The lowest BCUT2D eigenvalue weighted by molar-refractivity contribution is -0.143. The number of carbonyl (C=O) groups is 1. The van der Waals surface area contributed by atoms with Crippen molar-refractivity contribution in [3.63, 3.8) is 0 Å². The summed E-state index contributed by atoms with van der Waals surface area (Å²) in [4.78, 5) is 23.0. The number of rotatable bonds is 8. The highest BCUT2D eigenvalue weighted by atomic mass is 35.5. The van der Waals surface area contributed by atoms with Crippen molar-refractivity contribution in [3.8, 4) is 6.01 Å². The minimum atomic E-state index is -0.216. The molecule has 1 N–H and O–H groups in total. The second kappa shape index (κ2) is 8.52. The van der Waals surface area contributed by atoms with E-state index in [1.807, 2.05) is 13.8 Å². The van der Waals surface area contributed by atoms with Crippen molar-refractivity contribution in [2.75, 3.05) is 18.5 Å². The maximum Gasteiger partial charge on any atom is 0.322 e. The van der Waals surface area contributed by atoms with E-state index in [2.05, 4.69) is 20.3 Å². The van der Waals surface area contributed by atoms with Gasteiger partial charge in [-0.3, -0.25) is 4.79 Å². The first kappa shape index (κ1) is 16.4. The van der Waals surface area contributed by atoms with Gasteiger partial charge >= 0.3 is 12.0 Å². The third kappa shape index (κ3) is 6.51. The van der Waals surface area contributed by atoms with Crippen molar-refractivity contribution in [3.05, 3.63) is 5.28 Å². The Hall–Kier alpha value is -1.63. The second-order valence-electron chi connectivity index (χ2n) is 4.21. The normalized spacial score (nSPS) is 10.4. The fraction of sp³-hybridized carbons (Fsp3) is 0.667. The van der Waals surface area contributed by atoms with E-state index in [-0.39, 0.29) is 23.4 Å². The van der Waals surface area contributed by atoms with Gasteiger partial charge in [-0.1, -0.05) is 0 Å². The number of halogens is 1. The Morgan fingerprint density at radius 2 is 2.10 bits per heavy atom. The Morgan fingerprint density at radius 3 is 2.75 bits per heavy atom. The number of nitrogens with zero attached hydrogens (tertiary/aromatic N) is 3. The van der Waals surface area contributed by atoms with Crippen molar-refractivity contribution in [2.24, 2.45) is 0 Å². The maximum atomic E-state index is 11.2. The molecule has 0 fully saturated rings. The maximum absolute atomic E-state index is 11.2. The van der Waals surface area contributed by atoms with Gasteiger partial charge in [0.05, 0.1) is 12.7 Å². The first-order chi connectivity index (χ1) is 9.51. The van der Waals surface area contributed by atoms with Crippen LogP contribution in [0, 0.1) is 0 Å². The largest absolute Gasteiger partial charge is 0.466 e. The molecule has 0 aliphatic heterocycles. The molecule has 112 valence electrons. The zero-order valence-corrected chi connectivity index (χ0v) is 12.6. The summed E-state index contributed by atoms with van der Waals surface area (Å²) in [6.45, 7) is 6.43. The number of anilines is 1. The summed E-state index contributed by atoms with van der Waals surface area (Å²) in [6, 6.07) is 0.174. The Morgan fingerprint density at radius 1 is 1.35 bits per heavy atom. The van der Waals surface area contributed by atoms with Crippen LogP contribution in [0.4, 0.5) is 5.95 Å². The fourth-order valence-electron chi connectivity index (χ4n) is 1.34. The molecule has 1 heterocycles. The lowest BCUT2D eigenvalue weighted by atomic mass is 10.3. The van der Waals surface area contributed by atoms with Gasteiger partial charge in [-0.15, -0.1) is 0 Å². The van der Waals surface area contributed by atoms with E-state index in [0.29, 0.717) is 31.9 Å². The molecule has 0 radical (unpaired) electrons. The number of esters is 1. The van der Waals surface area contributed by atoms with Gasteiger partial charge in [0, 0.05) is 13.0 Å². The van der Waals surface area contributed by atoms with E-state index in [1.165, 1.54) is 0 Å². The molecule has 0 bridgehead atoms. The topological polar surface area (TPSA) is 86.2 Å². The second-order valence-corrected chi connectivity index (χ2v) is 4.55. The Balaban J connectivity index is 2.43. The van der Waals surface area contributed by atoms with Crippen LogP contribution in [-0.2, 0) is 9.53 Å². The minimum Gasteiger partial charge on any atom is -0.466 e. The lowest BCUT2D eigenvalue weighted by Crippen LogP contribution is -2.13. The molecule has 0 aromatic carbocycles. The Bertz CT molecular complexity index is 443. The molecule has 0 aliphatic rings. The standard InChI is InChI=1S/C12H19ClN4O3/c1-4-19-9(18)6-5-7-14-11-15-10(13)16-12(17-11)20-8(2)3/h8H,4-7H2,1-3H3,(H,14,15,16,17). The molecule has 1 aromatic rings. The average Bonchev–Trinajstić information content (AvgIpc) is 2.33. The highest BCUT2D eigenvalue weighted by molar-refractivity contribution is 6.28. The first-order valence-corrected chi connectivity index (χ1v) is 6.86. The molecule has 20 heavy (non-hydrogen) atoms. The van der Waals surface area contributed by atoms with Gasteiger partial charge in [-0.05, 0) is 38.8 Å². The molecular formula is C12H19ClN4O3. The molecule has 8 heteroatoms. The summed E-state index contributed by atoms with van der Waals surface area (Å²) >= 11 is 5.78. The van der Waals surface area contributed by atoms with Crippen LogP contribution in [0.5, 0.6) is 6.01 Å². The number of aromatic nitrogens is 3. The summed E-state index contributed by atoms with van der Waals surface area (Å²) in [5.74, 6) is 0.108. The van der Waals surface area contributed by atoms with Gasteiger partial charge in [0.15, 0.2) is 0 Å². The van der Waals surface area contributed by atoms with E-state index in [9.17, 15) is 4.79 Å². The third-order valence-corrected chi connectivity index (χ3v) is 2.24. The number of carbonyl (C=O) groups excluding carboxylic acids is 1. The highest BCUT2D eigenvalue weighted by Gasteiger charge is 2.08. The van der Waals surface area contributed by atoms with Crippen molar-refractivity contribution in [1.29, 1.82) is 0 Å². The number of ether oxygens (including phenoxy) is 2. The van der Waals surface area contributed by atoms with Crippen LogP contribution in [-0.4, -0.2) is 40.2 Å². The molecule has 1 rings (SSSR count). The van der Waals surface area contributed by atoms with E-state index >= 15 is 0 Å². The van der Waals surface area contributed by atoms with E-state index in [4.69, 9.17) is 21.1 Å². The lowest BCUT2D eigenvalue weighted by Gasteiger charge is -2.09. The van der Waals surface area contributed by atoms with Crippen molar-refractivity contribution in [2.45, 2.75) is 39.7 Å². The van der Waals surface area contributed by atoms with Gasteiger partial charge in [0.25, 0.3) is 0 Å². The van der Waals surface area contributed by atoms with Gasteiger partial charge in [0.1, 0.15) is 0 Å². The molecule has 0 atom stereocenters. The van der Waals surface area contributed by atoms with E-state index in [1.54, 1.807) is 6.92 Å². The van der Waals surface area contributed by atoms with Crippen molar-refractivity contribution in [1.82, 2.24) is 15.0 Å². The molecule has 0 spiro atoms. The van der Waals surface area contributed by atoms with Crippen LogP contribution in [0.1, 0.15) is 33.6 Å². The third-order valence-electron chi connectivity index (χ3n) is 2.07. The first-order valence-electron chi connectivity index (χ1n) is 6.49. The van der Waals surface area contributed by atoms with Gasteiger partial charge in [-0.25, -0.2) is 0 Å².